The fourth-order valence-corrected chi connectivity index (χ4v) is 5.96. The molecule has 0 heterocycles. The van der Waals surface area contributed by atoms with E-state index < -0.39 is 0 Å². The van der Waals surface area contributed by atoms with E-state index in [1.54, 1.807) is 0 Å². The van der Waals surface area contributed by atoms with E-state index in [-0.39, 0.29) is 0 Å². The van der Waals surface area contributed by atoms with Crippen molar-refractivity contribution < 1.29 is 9.47 Å². The molecule has 0 aromatic heterocycles. The van der Waals surface area contributed by atoms with E-state index >= 15 is 0 Å². The van der Waals surface area contributed by atoms with Crippen molar-refractivity contribution in [3.8, 4) is 11.5 Å². The van der Waals surface area contributed by atoms with Crippen molar-refractivity contribution in [3.05, 3.63) is 24.3 Å². The summed E-state index contributed by atoms with van der Waals surface area (Å²) in [5.41, 5.74) is 0. The maximum Gasteiger partial charge on any atom is 0.119 e. The lowest BCUT2D eigenvalue weighted by Crippen LogP contribution is -1.99. The van der Waals surface area contributed by atoms with Gasteiger partial charge in [0.25, 0.3) is 0 Å². The second kappa shape index (κ2) is 32.7. The van der Waals surface area contributed by atoms with Crippen molar-refractivity contribution in [1.29, 1.82) is 0 Å². The lowest BCUT2D eigenvalue weighted by atomic mass is 10.0. The first kappa shape index (κ1) is 38.8. The lowest BCUT2D eigenvalue weighted by molar-refractivity contribution is 0.296. The molecule has 1 rings (SSSR count). The Hall–Kier alpha value is -1.18. The molecule has 1 aromatic rings. The number of rotatable bonds is 34. The van der Waals surface area contributed by atoms with Gasteiger partial charge in [-0.1, -0.05) is 194 Å². The summed E-state index contributed by atoms with van der Waals surface area (Å²) in [6.45, 7) is 6.26. The standard InChI is InChI=1S/C40H74O2/c1-3-5-7-9-11-13-15-17-19-21-23-25-27-29-31-37-41-39-33-35-40(36-34-39)42-38-32-30-28-26-24-22-20-18-16-14-12-10-8-6-4-2/h33-36H,3-32,37-38H2,1-2H3. The van der Waals surface area contributed by atoms with Gasteiger partial charge in [-0.25, -0.2) is 0 Å². The minimum atomic E-state index is 0.831. The SMILES string of the molecule is CCCCCCCCCCCCCCCCCOc1ccc(OCCCCCCCCCCCCCCCCC)cc1. The molecule has 1 aromatic carbocycles. The second-order valence-electron chi connectivity index (χ2n) is 13.1. The highest BCUT2D eigenvalue weighted by molar-refractivity contribution is 5.31. The van der Waals surface area contributed by atoms with Crippen molar-refractivity contribution >= 4 is 0 Å². The normalized spacial score (nSPS) is 11.3. The highest BCUT2D eigenvalue weighted by Crippen LogP contribution is 2.19. The van der Waals surface area contributed by atoms with Crippen LogP contribution >= 0.6 is 0 Å². The van der Waals surface area contributed by atoms with E-state index in [1.807, 2.05) is 0 Å². The Labute approximate surface area is 264 Å². The molecule has 0 N–H and O–H groups in total. The molecule has 42 heavy (non-hydrogen) atoms. The third kappa shape index (κ3) is 27.6. The Bertz CT molecular complexity index is 570. The Morgan fingerprint density at radius 2 is 0.476 bits per heavy atom. The van der Waals surface area contributed by atoms with Gasteiger partial charge in [0.1, 0.15) is 11.5 Å². The van der Waals surface area contributed by atoms with Gasteiger partial charge in [-0.05, 0) is 37.1 Å². The van der Waals surface area contributed by atoms with Gasteiger partial charge in [-0.15, -0.1) is 0 Å². The summed E-state index contributed by atoms with van der Waals surface area (Å²) in [7, 11) is 0. The second-order valence-corrected chi connectivity index (χ2v) is 13.1. The average molecular weight is 587 g/mol. The first-order chi connectivity index (χ1) is 20.9. The molecule has 2 heteroatoms. The average Bonchev–Trinajstić information content (AvgIpc) is 3.01. The maximum atomic E-state index is 5.95. The molecule has 0 amide bonds. The molecule has 0 fully saturated rings. The summed E-state index contributed by atoms with van der Waals surface area (Å²) < 4.78 is 11.9. The molecule has 0 aliphatic carbocycles. The van der Waals surface area contributed by atoms with Crippen LogP contribution in [0.1, 0.15) is 206 Å². The van der Waals surface area contributed by atoms with Gasteiger partial charge in [0.2, 0.25) is 0 Å². The van der Waals surface area contributed by atoms with Gasteiger partial charge in [-0.3, -0.25) is 0 Å². The number of ether oxygens (including phenoxy) is 2. The van der Waals surface area contributed by atoms with E-state index in [0.29, 0.717) is 0 Å². The van der Waals surface area contributed by atoms with Crippen LogP contribution in [0.2, 0.25) is 0 Å². The van der Waals surface area contributed by atoms with Crippen molar-refractivity contribution in [2.24, 2.45) is 0 Å². The fraction of sp³-hybridized carbons (Fsp3) is 0.850. The highest BCUT2D eigenvalue weighted by Gasteiger charge is 1.99. The molecule has 0 spiro atoms. The zero-order chi connectivity index (χ0) is 30.0. The van der Waals surface area contributed by atoms with Crippen LogP contribution in [0.4, 0.5) is 0 Å². The largest absolute Gasteiger partial charge is 0.494 e. The number of hydrogen-bond donors (Lipinski definition) is 0. The van der Waals surface area contributed by atoms with Gasteiger partial charge in [-0.2, -0.15) is 0 Å². The fourth-order valence-electron chi connectivity index (χ4n) is 5.96. The minimum Gasteiger partial charge on any atom is -0.494 e. The minimum absolute atomic E-state index is 0.831. The molecular formula is C40H74O2. The summed E-state index contributed by atoms with van der Waals surface area (Å²) >= 11 is 0. The van der Waals surface area contributed by atoms with Gasteiger partial charge in [0.05, 0.1) is 13.2 Å². The molecule has 0 aliphatic heterocycles. The maximum absolute atomic E-state index is 5.95. The first-order valence-corrected chi connectivity index (χ1v) is 19.2. The Kier molecular flexibility index (Phi) is 30.3. The van der Waals surface area contributed by atoms with Gasteiger partial charge in [0, 0.05) is 0 Å². The van der Waals surface area contributed by atoms with Crippen LogP contribution in [-0.4, -0.2) is 13.2 Å². The summed E-state index contributed by atoms with van der Waals surface area (Å²) in [6, 6.07) is 8.25. The van der Waals surface area contributed by atoms with Crippen molar-refractivity contribution in [1.82, 2.24) is 0 Å². The summed E-state index contributed by atoms with van der Waals surface area (Å²) in [5, 5.41) is 0. The van der Waals surface area contributed by atoms with Crippen molar-refractivity contribution in [2.45, 2.75) is 206 Å². The molecule has 0 atom stereocenters. The molecule has 0 saturated carbocycles. The first-order valence-electron chi connectivity index (χ1n) is 19.2. The molecule has 2 nitrogen and oxygen atoms in total. The van der Waals surface area contributed by atoms with Crippen molar-refractivity contribution in [3.63, 3.8) is 0 Å². The molecule has 246 valence electrons. The summed E-state index contributed by atoms with van der Waals surface area (Å²) in [5.74, 6) is 1.94. The molecule has 0 saturated heterocycles. The predicted octanol–water partition coefficient (Wildman–Crippen LogP) is 14.2. The molecular weight excluding hydrogens is 512 g/mol. The highest BCUT2D eigenvalue weighted by atomic mass is 16.5. The van der Waals surface area contributed by atoms with Crippen LogP contribution in [0.3, 0.4) is 0 Å². The van der Waals surface area contributed by atoms with Crippen LogP contribution in [0, 0.1) is 0 Å². The van der Waals surface area contributed by atoms with E-state index in [4.69, 9.17) is 9.47 Å². The van der Waals surface area contributed by atoms with Crippen LogP contribution in [0.15, 0.2) is 24.3 Å². The van der Waals surface area contributed by atoms with E-state index in [9.17, 15) is 0 Å². The third-order valence-corrected chi connectivity index (χ3v) is 8.86. The van der Waals surface area contributed by atoms with Crippen LogP contribution in [0.5, 0.6) is 11.5 Å². The molecule has 0 unspecified atom stereocenters. The van der Waals surface area contributed by atoms with Crippen LogP contribution in [-0.2, 0) is 0 Å². The van der Waals surface area contributed by atoms with Gasteiger partial charge < -0.3 is 9.47 Å². The van der Waals surface area contributed by atoms with Crippen molar-refractivity contribution in [2.75, 3.05) is 13.2 Å². The topological polar surface area (TPSA) is 18.5 Å². The summed E-state index contributed by atoms with van der Waals surface area (Å²) in [6.07, 6.45) is 42.0. The summed E-state index contributed by atoms with van der Waals surface area (Å²) in [4.78, 5) is 0. The van der Waals surface area contributed by atoms with E-state index in [0.717, 1.165) is 37.6 Å². The molecule has 0 aliphatic rings. The zero-order valence-electron chi connectivity index (χ0n) is 28.8. The Balaban J connectivity index is 1.81. The van der Waals surface area contributed by atoms with Gasteiger partial charge >= 0.3 is 0 Å². The lowest BCUT2D eigenvalue weighted by Gasteiger charge is -2.09. The smallest absolute Gasteiger partial charge is 0.119 e. The van der Waals surface area contributed by atoms with E-state index in [2.05, 4.69) is 38.1 Å². The van der Waals surface area contributed by atoms with Crippen LogP contribution in [0.25, 0.3) is 0 Å². The monoisotopic (exact) mass is 587 g/mol. The number of benzene rings is 1. The molecule has 0 radical (unpaired) electrons. The van der Waals surface area contributed by atoms with Crippen LogP contribution < -0.4 is 9.47 Å². The number of hydrogen-bond acceptors (Lipinski definition) is 2. The molecule has 0 bridgehead atoms. The zero-order valence-corrected chi connectivity index (χ0v) is 28.8. The Morgan fingerprint density at radius 3 is 0.690 bits per heavy atom. The van der Waals surface area contributed by atoms with Gasteiger partial charge in [0.15, 0.2) is 0 Å². The quantitative estimate of drug-likeness (QED) is 0.0748. The Morgan fingerprint density at radius 1 is 0.286 bits per heavy atom. The number of unbranched alkanes of at least 4 members (excludes halogenated alkanes) is 28. The van der Waals surface area contributed by atoms with E-state index in [1.165, 1.54) is 180 Å². The third-order valence-electron chi connectivity index (χ3n) is 8.86. The predicted molar refractivity (Wildman–Crippen MR) is 187 cm³/mol.